The second-order valence-corrected chi connectivity index (χ2v) is 7.10. The summed E-state index contributed by atoms with van der Waals surface area (Å²) < 4.78 is 5.72. The van der Waals surface area contributed by atoms with Gasteiger partial charge < -0.3 is 10.1 Å². The zero-order chi connectivity index (χ0) is 17.4. The van der Waals surface area contributed by atoms with Crippen LogP contribution in [0.1, 0.15) is 62.7 Å². The fraction of sp³-hybridized carbons (Fsp3) is 0.600. The number of piperidine rings is 1. The number of hydrogen-bond acceptors (Lipinski definition) is 4. The molecule has 0 unspecified atom stereocenters. The van der Waals surface area contributed by atoms with Crippen molar-refractivity contribution >= 4 is 11.8 Å². The maximum Gasteiger partial charge on any atom is 0.306 e. The highest BCUT2D eigenvalue weighted by Gasteiger charge is 2.33. The lowest BCUT2D eigenvalue weighted by molar-refractivity contribution is -0.162. The van der Waals surface area contributed by atoms with Gasteiger partial charge in [-0.1, -0.05) is 30.3 Å². The van der Waals surface area contributed by atoms with Gasteiger partial charge in [0.2, 0.25) is 0 Å². The van der Waals surface area contributed by atoms with Crippen LogP contribution >= 0.6 is 0 Å². The third kappa shape index (κ3) is 5.75. The van der Waals surface area contributed by atoms with Crippen LogP contribution in [0.4, 0.5) is 0 Å². The van der Waals surface area contributed by atoms with Gasteiger partial charge in [-0.3, -0.25) is 9.59 Å². The predicted octanol–water partition coefficient (Wildman–Crippen LogP) is 3.75. The first-order valence-corrected chi connectivity index (χ1v) is 9.00. The highest BCUT2D eigenvalue weighted by atomic mass is 16.6. The molecule has 0 radical (unpaired) electrons. The fourth-order valence-corrected chi connectivity index (χ4v) is 3.27. The fourth-order valence-electron chi connectivity index (χ4n) is 3.27. The number of ether oxygens (including phenoxy) is 1. The molecule has 0 spiro atoms. The SMILES string of the molecule is CC(C)(OC(=O)CCCCC(=O)c1ccccc1)C1CCNCC1. The van der Waals surface area contributed by atoms with Gasteiger partial charge in [0.05, 0.1) is 0 Å². The summed E-state index contributed by atoms with van der Waals surface area (Å²) >= 11 is 0. The van der Waals surface area contributed by atoms with Gasteiger partial charge in [0, 0.05) is 24.3 Å². The highest BCUT2D eigenvalue weighted by molar-refractivity contribution is 5.95. The number of unbranched alkanes of at least 4 members (excludes halogenated alkanes) is 1. The van der Waals surface area contributed by atoms with E-state index >= 15 is 0 Å². The normalized spacial score (nSPS) is 15.9. The molecule has 1 aliphatic rings. The quantitative estimate of drug-likeness (QED) is 0.448. The first-order valence-electron chi connectivity index (χ1n) is 9.00. The Balaban J connectivity index is 1.66. The molecule has 1 fully saturated rings. The molecule has 1 saturated heterocycles. The van der Waals surface area contributed by atoms with Crippen molar-refractivity contribution in [3.05, 3.63) is 35.9 Å². The second-order valence-electron chi connectivity index (χ2n) is 7.10. The van der Waals surface area contributed by atoms with Crippen molar-refractivity contribution in [3.8, 4) is 0 Å². The van der Waals surface area contributed by atoms with Crippen LogP contribution in [0.3, 0.4) is 0 Å². The summed E-state index contributed by atoms with van der Waals surface area (Å²) in [6, 6.07) is 9.30. The van der Waals surface area contributed by atoms with Gasteiger partial charge in [-0.2, -0.15) is 0 Å². The van der Waals surface area contributed by atoms with E-state index < -0.39 is 5.60 Å². The van der Waals surface area contributed by atoms with Crippen molar-refractivity contribution in [3.63, 3.8) is 0 Å². The molecule has 1 heterocycles. The van der Waals surface area contributed by atoms with E-state index in [1.165, 1.54) is 0 Å². The Hall–Kier alpha value is -1.68. The molecule has 0 atom stereocenters. The van der Waals surface area contributed by atoms with E-state index in [9.17, 15) is 9.59 Å². The maximum atomic E-state index is 12.1. The van der Waals surface area contributed by atoms with Crippen LogP contribution in [-0.4, -0.2) is 30.4 Å². The Morgan fingerprint density at radius 1 is 1.08 bits per heavy atom. The van der Waals surface area contributed by atoms with Gasteiger partial charge in [0.1, 0.15) is 5.60 Å². The first-order chi connectivity index (χ1) is 11.5. The van der Waals surface area contributed by atoms with Crippen molar-refractivity contribution in [1.29, 1.82) is 0 Å². The Kier molecular flexibility index (Phi) is 6.98. The molecule has 4 nitrogen and oxygen atoms in total. The highest BCUT2D eigenvalue weighted by Crippen LogP contribution is 2.29. The molecule has 0 amide bonds. The zero-order valence-electron chi connectivity index (χ0n) is 14.8. The molecule has 0 saturated carbocycles. The number of rotatable bonds is 8. The molecular weight excluding hydrogens is 302 g/mol. The molecule has 1 N–H and O–H groups in total. The number of benzene rings is 1. The Labute approximate surface area is 145 Å². The Morgan fingerprint density at radius 2 is 1.71 bits per heavy atom. The number of carbonyl (C=O) groups is 2. The zero-order valence-corrected chi connectivity index (χ0v) is 14.8. The van der Waals surface area contributed by atoms with Crippen LogP contribution < -0.4 is 5.32 Å². The van der Waals surface area contributed by atoms with Gasteiger partial charge in [-0.05, 0) is 52.6 Å². The minimum absolute atomic E-state index is 0.138. The van der Waals surface area contributed by atoms with Crippen molar-refractivity contribution in [1.82, 2.24) is 5.32 Å². The van der Waals surface area contributed by atoms with E-state index in [0.717, 1.165) is 37.9 Å². The van der Waals surface area contributed by atoms with Crippen LogP contribution in [-0.2, 0) is 9.53 Å². The molecule has 1 aliphatic heterocycles. The second kappa shape index (κ2) is 8.97. The van der Waals surface area contributed by atoms with E-state index in [2.05, 4.69) is 5.32 Å². The molecule has 0 aliphatic carbocycles. The van der Waals surface area contributed by atoms with Gasteiger partial charge in [-0.25, -0.2) is 0 Å². The van der Waals surface area contributed by atoms with E-state index in [0.29, 0.717) is 25.2 Å². The van der Waals surface area contributed by atoms with Gasteiger partial charge >= 0.3 is 5.97 Å². The van der Waals surface area contributed by atoms with E-state index in [1.54, 1.807) is 0 Å². The standard InChI is InChI=1S/C20H29NO3/c1-20(2,17-12-14-21-15-13-17)24-19(23)11-7-6-10-18(22)16-8-4-3-5-9-16/h3-5,8-9,17,21H,6-7,10-15H2,1-2H3. The summed E-state index contributed by atoms with van der Waals surface area (Å²) in [7, 11) is 0. The van der Waals surface area contributed by atoms with Crippen molar-refractivity contribution in [2.24, 2.45) is 5.92 Å². The van der Waals surface area contributed by atoms with E-state index in [4.69, 9.17) is 4.74 Å². The summed E-state index contributed by atoms with van der Waals surface area (Å²) in [5.74, 6) is 0.409. The van der Waals surface area contributed by atoms with Gasteiger partial charge in [0.15, 0.2) is 5.78 Å². The Bertz CT molecular complexity index is 533. The average molecular weight is 331 g/mol. The van der Waals surface area contributed by atoms with Crippen molar-refractivity contribution < 1.29 is 14.3 Å². The van der Waals surface area contributed by atoms with Crippen LogP contribution in [0.15, 0.2) is 30.3 Å². The molecule has 24 heavy (non-hydrogen) atoms. The number of ketones is 1. The molecule has 1 aromatic rings. The van der Waals surface area contributed by atoms with E-state index in [1.807, 2.05) is 44.2 Å². The van der Waals surface area contributed by atoms with Crippen LogP contribution in [0.5, 0.6) is 0 Å². The number of nitrogens with one attached hydrogen (secondary N) is 1. The molecule has 0 aromatic heterocycles. The minimum atomic E-state index is -0.404. The monoisotopic (exact) mass is 331 g/mol. The molecular formula is C20H29NO3. The average Bonchev–Trinajstić information content (AvgIpc) is 2.59. The third-order valence-corrected chi connectivity index (χ3v) is 4.83. The molecule has 132 valence electrons. The maximum absolute atomic E-state index is 12.1. The number of esters is 1. The van der Waals surface area contributed by atoms with E-state index in [-0.39, 0.29) is 11.8 Å². The van der Waals surface area contributed by atoms with Crippen LogP contribution in [0.25, 0.3) is 0 Å². The lowest BCUT2D eigenvalue weighted by atomic mass is 9.83. The van der Waals surface area contributed by atoms with Gasteiger partial charge in [0.25, 0.3) is 0 Å². The van der Waals surface area contributed by atoms with Crippen LogP contribution in [0, 0.1) is 5.92 Å². The summed E-state index contributed by atoms with van der Waals surface area (Å²) in [4.78, 5) is 24.1. The minimum Gasteiger partial charge on any atom is -0.459 e. The molecule has 4 heteroatoms. The summed E-state index contributed by atoms with van der Waals surface area (Å²) in [6.45, 7) is 6.01. The van der Waals surface area contributed by atoms with Crippen molar-refractivity contribution in [2.45, 2.75) is 58.0 Å². The lowest BCUT2D eigenvalue weighted by Crippen LogP contribution is -2.42. The first kappa shape index (κ1) is 18.7. The summed E-state index contributed by atoms with van der Waals surface area (Å²) in [5, 5.41) is 3.33. The van der Waals surface area contributed by atoms with Crippen molar-refractivity contribution in [2.75, 3.05) is 13.1 Å². The summed E-state index contributed by atoms with van der Waals surface area (Å²) in [6.07, 6.45) is 4.37. The number of Topliss-reactive ketones (excluding diaryl/α,β-unsaturated/α-hetero) is 1. The van der Waals surface area contributed by atoms with Crippen LogP contribution in [0.2, 0.25) is 0 Å². The summed E-state index contributed by atoms with van der Waals surface area (Å²) in [5.41, 5.74) is 0.339. The molecule has 1 aromatic carbocycles. The number of carbonyl (C=O) groups excluding carboxylic acids is 2. The molecule has 0 bridgehead atoms. The predicted molar refractivity (Wildman–Crippen MR) is 95.0 cm³/mol. The largest absolute Gasteiger partial charge is 0.459 e. The smallest absolute Gasteiger partial charge is 0.306 e. The number of hydrogen-bond donors (Lipinski definition) is 1. The third-order valence-electron chi connectivity index (χ3n) is 4.83. The molecule has 2 rings (SSSR count). The van der Waals surface area contributed by atoms with Gasteiger partial charge in [-0.15, -0.1) is 0 Å². The Morgan fingerprint density at radius 3 is 2.38 bits per heavy atom. The lowest BCUT2D eigenvalue weighted by Gasteiger charge is -2.36. The topological polar surface area (TPSA) is 55.4 Å².